The number of hydrogen-bond donors (Lipinski definition) is 0. The van der Waals surface area contributed by atoms with Gasteiger partial charge in [0.2, 0.25) is 0 Å². The van der Waals surface area contributed by atoms with E-state index in [9.17, 15) is 4.79 Å². The molecule has 2 heterocycles. The van der Waals surface area contributed by atoms with Gasteiger partial charge < -0.3 is 4.57 Å². The largest absolute Gasteiger partial charge is 0.304 e. The second-order valence-corrected chi connectivity index (χ2v) is 4.93. The van der Waals surface area contributed by atoms with Gasteiger partial charge in [0, 0.05) is 23.6 Å². The highest BCUT2D eigenvalue weighted by atomic mass is 32.1. The molecule has 0 radical (unpaired) electrons. The Morgan fingerprint density at radius 2 is 2.18 bits per heavy atom. The van der Waals surface area contributed by atoms with E-state index in [1.807, 2.05) is 37.4 Å². The van der Waals surface area contributed by atoms with E-state index >= 15 is 0 Å². The third kappa shape index (κ3) is 2.74. The lowest BCUT2D eigenvalue weighted by Crippen LogP contribution is -2.19. The Morgan fingerprint density at radius 1 is 1.35 bits per heavy atom. The molecule has 0 amide bonds. The van der Waals surface area contributed by atoms with Gasteiger partial charge in [-0.15, -0.1) is 0 Å². The zero-order chi connectivity index (χ0) is 12.3. The van der Waals surface area contributed by atoms with Gasteiger partial charge in [0.1, 0.15) is 0 Å². The topological polar surface area (TPSA) is 22.0 Å². The van der Waals surface area contributed by atoms with Crippen molar-refractivity contribution in [2.45, 2.75) is 20.4 Å². The molecule has 88 valence electrons. The van der Waals surface area contributed by atoms with Crippen LogP contribution in [-0.4, -0.2) is 4.57 Å². The summed E-state index contributed by atoms with van der Waals surface area (Å²) >= 11 is 1.64. The van der Waals surface area contributed by atoms with Crippen molar-refractivity contribution in [3.05, 3.63) is 57.0 Å². The van der Waals surface area contributed by atoms with E-state index in [0.717, 1.165) is 11.3 Å². The molecule has 0 aromatic carbocycles. The molecular weight excluding hydrogens is 230 g/mol. The van der Waals surface area contributed by atoms with Crippen LogP contribution in [0.25, 0.3) is 11.3 Å². The van der Waals surface area contributed by atoms with Crippen molar-refractivity contribution in [3.8, 4) is 11.3 Å². The van der Waals surface area contributed by atoms with E-state index in [1.54, 1.807) is 22.0 Å². The first kappa shape index (κ1) is 11.9. The number of aromatic nitrogens is 1. The van der Waals surface area contributed by atoms with Crippen LogP contribution in [0.15, 0.2) is 51.5 Å². The van der Waals surface area contributed by atoms with E-state index in [1.165, 1.54) is 5.57 Å². The highest BCUT2D eigenvalue weighted by molar-refractivity contribution is 7.08. The maximum Gasteiger partial charge on any atom is 0.251 e. The van der Waals surface area contributed by atoms with Gasteiger partial charge in [0.15, 0.2) is 0 Å². The molecule has 3 heteroatoms. The van der Waals surface area contributed by atoms with Crippen LogP contribution in [0.2, 0.25) is 0 Å². The molecule has 0 atom stereocenters. The summed E-state index contributed by atoms with van der Waals surface area (Å²) in [6, 6.07) is 7.45. The quantitative estimate of drug-likeness (QED) is 0.758. The molecule has 17 heavy (non-hydrogen) atoms. The van der Waals surface area contributed by atoms with E-state index in [-0.39, 0.29) is 5.56 Å². The summed E-state index contributed by atoms with van der Waals surface area (Å²) in [4.78, 5) is 11.9. The van der Waals surface area contributed by atoms with E-state index in [2.05, 4.69) is 11.5 Å². The summed E-state index contributed by atoms with van der Waals surface area (Å²) in [5.74, 6) is 0. The molecule has 0 bridgehead atoms. The first-order valence-corrected chi connectivity index (χ1v) is 6.48. The minimum atomic E-state index is 0.0474. The number of thiophene rings is 1. The van der Waals surface area contributed by atoms with Crippen LogP contribution < -0.4 is 5.56 Å². The minimum Gasteiger partial charge on any atom is -0.304 e. The Balaban J connectivity index is 2.49. The zero-order valence-corrected chi connectivity index (χ0v) is 10.8. The summed E-state index contributed by atoms with van der Waals surface area (Å²) in [5, 5.41) is 4.09. The molecule has 0 N–H and O–H groups in total. The number of allylic oxidation sites excluding steroid dienone is 2. The second kappa shape index (κ2) is 5.15. The van der Waals surface area contributed by atoms with Crippen molar-refractivity contribution in [1.82, 2.24) is 4.57 Å². The first-order chi connectivity index (χ1) is 8.18. The maximum atomic E-state index is 11.9. The standard InChI is InChI=1S/C14H15NOS/c1-11(2)6-8-15-13(4-3-5-14(15)16)12-7-9-17-10-12/h3-7,9-10H,8H2,1-2H3. The van der Waals surface area contributed by atoms with Crippen molar-refractivity contribution in [3.63, 3.8) is 0 Å². The van der Waals surface area contributed by atoms with Crippen molar-refractivity contribution in [1.29, 1.82) is 0 Å². The van der Waals surface area contributed by atoms with Gasteiger partial charge in [-0.25, -0.2) is 0 Å². The zero-order valence-electron chi connectivity index (χ0n) is 10.0. The van der Waals surface area contributed by atoms with Gasteiger partial charge in [0.25, 0.3) is 5.56 Å². The molecule has 2 aromatic rings. The molecule has 2 nitrogen and oxygen atoms in total. The highest BCUT2D eigenvalue weighted by Crippen LogP contribution is 2.20. The maximum absolute atomic E-state index is 11.9. The average Bonchev–Trinajstić information content (AvgIpc) is 2.80. The normalized spacial score (nSPS) is 10.2. The lowest BCUT2D eigenvalue weighted by molar-refractivity contribution is 0.784. The van der Waals surface area contributed by atoms with Gasteiger partial charge in [-0.3, -0.25) is 4.79 Å². The average molecular weight is 245 g/mol. The predicted octanol–water partition coefficient (Wildman–Crippen LogP) is 3.54. The number of rotatable bonds is 3. The second-order valence-electron chi connectivity index (χ2n) is 4.15. The van der Waals surface area contributed by atoms with Crippen molar-refractivity contribution in [2.75, 3.05) is 0 Å². The monoisotopic (exact) mass is 245 g/mol. The Hall–Kier alpha value is -1.61. The number of pyridine rings is 1. The SMILES string of the molecule is CC(C)=CCn1c(-c2ccsc2)cccc1=O. The Labute approximate surface area is 105 Å². The molecule has 0 aliphatic heterocycles. The molecule has 2 aromatic heterocycles. The van der Waals surface area contributed by atoms with E-state index < -0.39 is 0 Å². The number of nitrogens with zero attached hydrogens (tertiary/aromatic N) is 1. The van der Waals surface area contributed by atoms with Gasteiger partial charge in [0.05, 0.1) is 5.69 Å². The lowest BCUT2D eigenvalue weighted by Gasteiger charge is -2.09. The Morgan fingerprint density at radius 3 is 2.82 bits per heavy atom. The van der Waals surface area contributed by atoms with E-state index in [4.69, 9.17) is 0 Å². The van der Waals surface area contributed by atoms with E-state index in [0.29, 0.717) is 6.54 Å². The Kier molecular flexibility index (Phi) is 3.59. The molecule has 0 aliphatic carbocycles. The molecule has 0 aliphatic rings. The van der Waals surface area contributed by atoms with Crippen LogP contribution in [0.4, 0.5) is 0 Å². The van der Waals surface area contributed by atoms with Crippen LogP contribution >= 0.6 is 11.3 Å². The molecule has 0 saturated carbocycles. The van der Waals surface area contributed by atoms with Crippen LogP contribution in [0.3, 0.4) is 0 Å². The van der Waals surface area contributed by atoms with Gasteiger partial charge in [-0.05, 0) is 31.4 Å². The van der Waals surface area contributed by atoms with Crippen molar-refractivity contribution >= 4 is 11.3 Å². The fourth-order valence-corrected chi connectivity index (χ4v) is 2.29. The minimum absolute atomic E-state index is 0.0474. The Bertz CT molecular complexity index is 575. The van der Waals surface area contributed by atoms with Crippen molar-refractivity contribution < 1.29 is 0 Å². The van der Waals surface area contributed by atoms with Gasteiger partial charge in [-0.2, -0.15) is 11.3 Å². The molecule has 0 unspecified atom stereocenters. The summed E-state index contributed by atoms with van der Waals surface area (Å²) in [5.41, 5.74) is 3.36. The molecule has 0 fully saturated rings. The van der Waals surface area contributed by atoms with Crippen LogP contribution in [0.1, 0.15) is 13.8 Å². The van der Waals surface area contributed by atoms with Crippen LogP contribution in [0.5, 0.6) is 0 Å². The predicted molar refractivity (Wildman–Crippen MR) is 73.4 cm³/mol. The lowest BCUT2D eigenvalue weighted by atomic mass is 10.2. The summed E-state index contributed by atoms with van der Waals surface area (Å²) in [6.07, 6.45) is 2.07. The fraction of sp³-hybridized carbons (Fsp3) is 0.214. The van der Waals surface area contributed by atoms with Crippen LogP contribution in [-0.2, 0) is 6.54 Å². The van der Waals surface area contributed by atoms with Crippen molar-refractivity contribution in [2.24, 2.45) is 0 Å². The molecule has 0 spiro atoms. The summed E-state index contributed by atoms with van der Waals surface area (Å²) in [7, 11) is 0. The van der Waals surface area contributed by atoms with Crippen LogP contribution in [0, 0.1) is 0 Å². The smallest absolute Gasteiger partial charge is 0.251 e. The molecule has 0 saturated heterocycles. The molecular formula is C14H15NOS. The highest BCUT2D eigenvalue weighted by Gasteiger charge is 2.04. The summed E-state index contributed by atoms with van der Waals surface area (Å²) in [6.45, 7) is 4.71. The third-order valence-electron chi connectivity index (χ3n) is 2.55. The first-order valence-electron chi connectivity index (χ1n) is 5.54. The van der Waals surface area contributed by atoms with Gasteiger partial charge in [-0.1, -0.05) is 17.7 Å². The number of hydrogen-bond acceptors (Lipinski definition) is 2. The fourth-order valence-electron chi connectivity index (χ4n) is 1.64. The van der Waals surface area contributed by atoms with Gasteiger partial charge >= 0.3 is 0 Å². The molecule has 2 rings (SSSR count). The third-order valence-corrected chi connectivity index (χ3v) is 3.23. The summed E-state index contributed by atoms with van der Waals surface area (Å²) < 4.78 is 1.80.